The number of nitrogens with zero attached hydrogens (tertiary/aromatic N) is 3. The summed E-state index contributed by atoms with van der Waals surface area (Å²) in [5.74, 6) is -0.609. The maximum absolute atomic E-state index is 12.6. The van der Waals surface area contributed by atoms with Gasteiger partial charge in [0.05, 0.1) is 18.3 Å². The first kappa shape index (κ1) is 16.2. The first-order valence-corrected chi connectivity index (χ1v) is 8.00. The average molecular weight is 329 g/mol. The van der Waals surface area contributed by atoms with E-state index < -0.39 is 5.97 Å². The van der Waals surface area contributed by atoms with Crippen LogP contribution in [-0.4, -0.2) is 45.8 Å². The van der Waals surface area contributed by atoms with E-state index in [0.717, 1.165) is 12.8 Å². The molecular formula is C17H19N3O4. The molecule has 0 N–H and O–H groups in total. The van der Waals surface area contributed by atoms with Gasteiger partial charge in [0.25, 0.3) is 0 Å². The Bertz CT molecular complexity index is 826. The van der Waals surface area contributed by atoms with Crippen LogP contribution in [0.1, 0.15) is 19.8 Å². The third-order valence-corrected chi connectivity index (χ3v) is 3.96. The molecule has 1 fully saturated rings. The summed E-state index contributed by atoms with van der Waals surface area (Å²) in [6.45, 7) is 1.96. The van der Waals surface area contributed by atoms with Gasteiger partial charge in [-0.2, -0.15) is 5.10 Å². The number of fused-ring (bicyclic) bond motifs is 1. The second-order valence-corrected chi connectivity index (χ2v) is 5.74. The van der Waals surface area contributed by atoms with Crippen LogP contribution in [0.2, 0.25) is 0 Å². The normalized spacial score (nSPS) is 13.7. The summed E-state index contributed by atoms with van der Waals surface area (Å²) in [6.07, 6.45) is 3.00. The molecular weight excluding hydrogens is 310 g/mol. The van der Waals surface area contributed by atoms with Crippen LogP contribution < -0.4 is 5.43 Å². The van der Waals surface area contributed by atoms with E-state index in [4.69, 9.17) is 4.74 Å². The molecule has 0 saturated heterocycles. The molecule has 0 spiro atoms. The molecule has 1 aliphatic rings. The van der Waals surface area contributed by atoms with E-state index in [-0.39, 0.29) is 37.1 Å². The van der Waals surface area contributed by atoms with E-state index in [2.05, 4.69) is 5.10 Å². The molecule has 1 saturated carbocycles. The van der Waals surface area contributed by atoms with Crippen molar-refractivity contribution in [2.24, 2.45) is 0 Å². The minimum atomic E-state index is -0.407. The fourth-order valence-electron chi connectivity index (χ4n) is 2.66. The average Bonchev–Trinajstić information content (AvgIpc) is 3.40. The van der Waals surface area contributed by atoms with Gasteiger partial charge in [-0.05, 0) is 31.9 Å². The van der Waals surface area contributed by atoms with Crippen LogP contribution in [0.3, 0.4) is 0 Å². The Morgan fingerprint density at radius 2 is 2.08 bits per heavy atom. The van der Waals surface area contributed by atoms with Crippen LogP contribution in [0.15, 0.2) is 35.3 Å². The zero-order valence-corrected chi connectivity index (χ0v) is 13.5. The predicted molar refractivity (Wildman–Crippen MR) is 87.4 cm³/mol. The Morgan fingerprint density at radius 1 is 1.33 bits per heavy atom. The van der Waals surface area contributed by atoms with Crippen LogP contribution in [-0.2, 0) is 20.9 Å². The highest BCUT2D eigenvalue weighted by Crippen LogP contribution is 2.27. The van der Waals surface area contributed by atoms with Crippen molar-refractivity contribution in [3.05, 3.63) is 40.7 Å². The fourth-order valence-corrected chi connectivity index (χ4v) is 2.66. The molecule has 7 heteroatoms. The molecule has 3 rings (SSSR count). The van der Waals surface area contributed by atoms with E-state index in [1.807, 2.05) is 0 Å². The second-order valence-electron chi connectivity index (χ2n) is 5.74. The van der Waals surface area contributed by atoms with Crippen molar-refractivity contribution in [3.8, 4) is 0 Å². The SMILES string of the molecule is CCOC(=O)CN(C(=O)Cn1ncc(=O)c2ccccc21)C1CC1. The number of hydrogen-bond acceptors (Lipinski definition) is 5. The summed E-state index contributed by atoms with van der Waals surface area (Å²) >= 11 is 0. The number of ether oxygens (including phenoxy) is 1. The Hall–Kier alpha value is -2.70. The quantitative estimate of drug-likeness (QED) is 0.737. The number of carbonyl (C=O) groups excluding carboxylic acids is 2. The Morgan fingerprint density at radius 3 is 2.79 bits per heavy atom. The Kier molecular flexibility index (Phi) is 4.59. The van der Waals surface area contributed by atoms with Crippen molar-refractivity contribution >= 4 is 22.8 Å². The summed E-state index contributed by atoms with van der Waals surface area (Å²) in [5, 5.41) is 4.58. The first-order chi connectivity index (χ1) is 11.6. The van der Waals surface area contributed by atoms with Crippen molar-refractivity contribution in [3.63, 3.8) is 0 Å². The molecule has 0 atom stereocenters. The van der Waals surface area contributed by atoms with Crippen molar-refractivity contribution < 1.29 is 14.3 Å². The van der Waals surface area contributed by atoms with E-state index in [9.17, 15) is 14.4 Å². The summed E-state index contributed by atoms with van der Waals surface area (Å²) in [5.41, 5.74) is 0.421. The molecule has 7 nitrogen and oxygen atoms in total. The van der Waals surface area contributed by atoms with Crippen LogP contribution in [0.5, 0.6) is 0 Å². The summed E-state index contributed by atoms with van der Waals surface area (Å²) in [4.78, 5) is 37.8. The summed E-state index contributed by atoms with van der Waals surface area (Å²) in [6, 6.07) is 7.11. The maximum atomic E-state index is 12.6. The number of carbonyl (C=O) groups is 2. The van der Waals surface area contributed by atoms with Gasteiger partial charge in [-0.3, -0.25) is 19.1 Å². The van der Waals surface area contributed by atoms with Crippen molar-refractivity contribution in [1.29, 1.82) is 0 Å². The molecule has 1 aromatic carbocycles. The van der Waals surface area contributed by atoms with Gasteiger partial charge in [0, 0.05) is 11.4 Å². The molecule has 0 aliphatic heterocycles. The van der Waals surface area contributed by atoms with Crippen molar-refractivity contribution in [2.45, 2.75) is 32.4 Å². The molecule has 0 bridgehead atoms. The van der Waals surface area contributed by atoms with Gasteiger partial charge in [0.1, 0.15) is 13.1 Å². The lowest BCUT2D eigenvalue weighted by Crippen LogP contribution is -2.40. The van der Waals surface area contributed by atoms with Gasteiger partial charge in [0.2, 0.25) is 11.3 Å². The standard InChI is InChI=1S/C17H19N3O4/c1-2-24-17(23)11-19(12-7-8-12)16(22)10-20-14-6-4-3-5-13(14)15(21)9-18-20/h3-6,9,12H,2,7-8,10-11H2,1H3. The van der Waals surface area contributed by atoms with Crippen molar-refractivity contribution in [2.75, 3.05) is 13.2 Å². The fraction of sp³-hybridized carbons (Fsp3) is 0.412. The molecule has 126 valence electrons. The molecule has 1 amide bonds. The van der Waals surface area contributed by atoms with E-state index in [0.29, 0.717) is 10.9 Å². The van der Waals surface area contributed by atoms with E-state index in [1.54, 1.807) is 36.1 Å². The lowest BCUT2D eigenvalue weighted by atomic mass is 10.2. The van der Waals surface area contributed by atoms with E-state index >= 15 is 0 Å². The minimum Gasteiger partial charge on any atom is -0.465 e. The molecule has 0 radical (unpaired) electrons. The van der Waals surface area contributed by atoms with Gasteiger partial charge in [-0.15, -0.1) is 0 Å². The number of para-hydroxylation sites is 1. The van der Waals surface area contributed by atoms with Crippen LogP contribution >= 0.6 is 0 Å². The van der Waals surface area contributed by atoms with Gasteiger partial charge in [-0.25, -0.2) is 0 Å². The molecule has 1 aliphatic carbocycles. The Balaban J connectivity index is 1.82. The number of esters is 1. The zero-order valence-electron chi connectivity index (χ0n) is 13.5. The Labute approximate surface area is 138 Å². The van der Waals surface area contributed by atoms with Crippen LogP contribution in [0, 0.1) is 0 Å². The lowest BCUT2D eigenvalue weighted by molar-refractivity contribution is -0.149. The molecule has 1 heterocycles. The van der Waals surface area contributed by atoms with Gasteiger partial charge in [-0.1, -0.05) is 12.1 Å². The number of amides is 1. The van der Waals surface area contributed by atoms with Crippen LogP contribution in [0.25, 0.3) is 10.9 Å². The molecule has 0 unspecified atom stereocenters. The third-order valence-electron chi connectivity index (χ3n) is 3.96. The zero-order chi connectivity index (χ0) is 17.1. The summed E-state index contributed by atoms with van der Waals surface area (Å²) in [7, 11) is 0. The monoisotopic (exact) mass is 329 g/mol. The smallest absolute Gasteiger partial charge is 0.325 e. The van der Waals surface area contributed by atoms with E-state index in [1.165, 1.54) is 10.9 Å². The largest absolute Gasteiger partial charge is 0.465 e. The van der Waals surface area contributed by atoms with Crippen molar-refractivity contribution in [1.82, 2.24) is 14.7 Å². The summed E-state index contributed by atoms with van der Waals surface area (Å²) < 4.78 is 6.44. The molecule has 1 aromatic heterocycles. The van der Waals surface area contributed by atoms with Crippen LogP contribution in [0.4, 0.5) is 0 Å². The first-order valence-electron chi connectivity index (χ1n) is 8.00. The lowest BCUT2D eigenvalue weighted by Gasteiger charge is -2.22. The predicted octanol–water partition coefficient (Wildman–Crippen LogP) is 0.951. The number of benzene rings is 1. The second kappa shape index (κ2) is 6.82. The number of hydrogen-bond donors (Lipinski definition) is 0. The molecule has 2 aromatic rings. The van der Waals surface area contributed by atoms with Gasteiger partial charge in [0.15, 0.2) is 0 Å². The highest BCUT2D eigenvalue weighted by molar-refractivity contribution is 5.84. The van der Waals surface area contributed by atoms with Gasteiger partial charge >= 0.3 is 5.97 Å². The number of aromatic nitrogens is 2. The number of rotatable bonds is 6. The van der Waals surface area contributed by atoms with Gasteiger partial charge < -0.3 is 9.64 Å². The maximum Gasteiger partial charge on any atom is 0.325 e. The molecule has 24 heavy (non-hydrogen) atoms. The topological polar surface area (TPSA) is 81.5 Å². The highest BCUT2D eigenvalue weighted by atomic mass is 16.5. The highest BCUT2D eigenvalue weighted by Gasteiger charge is 2.34. The third kappa shape index (κ3) is 3.45. The minimum absolute atomic E-state index is 0.0172.